The van der Waals surface area contributed by atoms with Crippen LogP contribution in [0.25, 0.3) is 0 Å². The van der Waals surface area contributed by atoms with E-state index in [1.807, 2.05) is 6.92 Å². The van der Waals surface area contributed by atoms with Gasteiger partial charge in [0, 0.05) is 0 Å². The first-order valence-electron chi connectivity index (χ1n) is 6.93. The molecule has 0 spiro atoms. The Kier molecular flexibility index (Phi) is 3.96. The van der Waals surface area contributed by atoms with Crippen molar-refractivity contribution in [2.24, 2.45) is 0 Å². The van der Waals surface area contributed by atoms with E-state index in [1.54, 1.807) is 33.8 Å². The SMILES string of the molecule is Cc1cc(S(=O)(=O)c2ccc(C)c(C)c2O)c(O)c(C)c1C. The van der Waals surface area contributed by atoms with Crippen LogP contribution < -0.4 is 0 Å². The number of phenols is 2. The van der Waals surface area contributed by atoms with Crippen LogP contribution in [-0.2, 0) is 9.84 Å². The number of phenolic OH excluding ortho intramolecular Hbond substituents is 2. The molecule has 0 bridgehead atoms. The fourth-order valence-electron chi connectivity index (χ4n) is 2.35. The fourth-order valence-corrected chi connectivity index (χ4v) is 3.98. The zero-order chi connectivity index (χ0) is 16.8. The van der Waals surface area contributed by atoms with Gasteiger partial charge in [-0.1, -0.05) is 6.07 Å². The van der Waals surface area contributed by atoms with Crippen LogP contribution in [0.5, 0.6) is 11.5 Å². The molecule has 0 fully saturated rings. The molecule has 118 valence electrons. The zero-order valence-electron chi connectivity index (χ0n) is 13.4. The second-order valence-electron chi connectivity index (χ2n) is 5.65. The van der Waals surface area contributed by atoms with Gasteiger partial charge in [0.1, 0.15) is 21.3 Å². The Morgan fingerprint density at radius 1 is 0.727 bits per heavy atom. The van der Waals surface area contributed by atoms with Crippen molar-refractivity contribution < 1.29 is 18.6 Å². The molecule has 0 saturated carbocycles. The molecule has 0 radical (unpaired) electrons. The average molecular weight is 320 g/mol. The minimum Gasteiger partial charge on any atom is -0.506 e. The smallest absolute Gasteiger partial charge is 0.213 e. The van der Waals surface area contributed by atoms with Gasteiger partial charge in [0.25, 0.3) is 0 Å². The van der Waals surface area contributed by atoms with E-state index in [9.17, 15) is 18.6 Å². The molecule has 2 aromatic rings. The third-order valence-corrected chi connectivity index (χ3v) is 6.13. The molecule has 0 heterocycles. The van der Waals surface area contributed by atoms with Crippen LogP contribution in [-0.4, -0.2) is 18.6 Å². The fraction of sp³-hybridized carbons (Fsp3) is 0.294. The monoisotopic (exact) mass is 320 g/mol. The first-order valence-corrected chi connectivity index (χ1v) is 8.41. The first kappa shape index (κ1) is 16.4. The van der Waals surface area contributed by atoms with E-state index in [-0.39, 0.29) is 21.3 Å². The maximum absolute atomic E-state index is 12.8. The summed E-state index contributed by atoms with van der Waals surface area (Å²) in [6.45, 7) is 8.75. The highest BCUT2D eigenvalue weighted by atomic mass is 32.2. The average Bonchev–Trinajstić information content (AvgIpc) is 2.46. The molecule has 0 amide bonds. The summed E-state index contributed by atoms with van der Waals surface area (Å²) in [5.74, 6) is -0.531. The molecule has 0 unspecified atom stereocenters. The van der Waals surface area contributed by atoms with Crippen molar-refractivity contribution in [2.45, 2.75) is 44.4 Å². The Hall–Kier alpha value is -2.01. The molecule has 2 rings (SSSR count). The van der Waals surface area contributed by atoms with E-state index in [1.165, 1.54) is 12.1 Å². The lowest BCUT2D eigenvalue weighted by Gasteiger charge is -2.15. The predicted octanol–water partition coefficient (Wildman–Crippen LogP) is 3.47. The lowest BCUT2D eigenvalue weighted by molar-refractivity contribution is 0.448. The van der Waals surface area contributed by atoms with Crippen molar-refractivity contribution in [3.8, 4) is 11.5 Å². The summed E-state index contributed by atoms with van der Waals surface area (Å²) in [7, 11) is -4.00. The van der Waals surface area contributed by atoms with Gasteiger partial charge < -0.3 is 10.2 Å². The van der Waals surface area contributed by atoms with Gasteiger partial charge in [0.2, 0.25) is 9.84 Å². The van der Waals surface area contributed by atoms with E-state index in [0.717, 1.165) is 16.7 Å². The standard InChI is InChI=1S/C17H20O4S/c1-9-6-7-14(16(18)12(9)4)22(20,21)15-8-10(2)11(3)13(5)17(15)19/h6-8,18-19H,1-5H3. The minimum atomic E-state index is -4.00. The van der Waals surface area contributed by atoms with Crippen LogP contribution in [0.4, 0.5) is 0 Å². The molecule has 0 aliphatic carbocycles. The highest BCUT2D eigenvalue weighted by Crippen LogP contribution is 2.38. The molecule has 2 aromatic carbocycles. The molecule has 0 aliphatic heterocycles. The van der Waals surface area contributed by atoms with Crippen molar-refractivity contribution in [3.63, 3.8) is 0 Å². The molecule has 0 aliphatic rings. The lowest BCUT2D eigenvalue weighted by atomic mass is 10.0. The summed E-state index contributed by atoms with van der Waals surface area (Å²) in [6, 6.07) is 4.46. The Bertz CT molecular complexity index is 865. The summed E-state index contributed by atoms with van der Waals surface area (Å²) in [5.41, 5.74) is 3.47. The number of aromatic hydroxyl groups is 2. The second-order valence-corrected chi connectivity index (χ2v) is 7.53. The second kappa shape index (κ2) is 5.32. The van der Waals surface area contributed by atoms with E-state index in [0.29, 0.717) is 11.1 Å². The van der Waals surface area contributed by atoms with Gasteiger partial charge in [-0.05, 0) is 74.6 Å². The van der Waals surface area contributed by atoms with Crippen molar-refractivity contribution in [2.75, 3.05) is 0 Å². The van der Waals surface area contributed by atoms with Crippen LogP contribution in [0, 0.1) is 34.6 Å². The lowest BCUT2D eigenvalue weighted by Crippen LogP contribution is -2.06. The highest BCUT2D eigenvalue weighted by Gasteiger charge is 2.27. The van der Waals surface area contributed by atoms with Gasteiger partial charge in [-0.2, -0.15) is 0 Å². The first-order chi connectivity index (χ1) is 10.1. The van der Waals surface area contributed by atoms with Crippen molar-refractivity contribution >= 4 is 9.84 Å². The minimum absolute atomic E-state index is 0.174. The third-order valence-electron chi connectivity index (χ3n) is 4.33. The van der Waals surface area contributed by atoms with Crippen LogP contribution in [0.1, 0.15) is 27.8 Å². The van der Waals surface area contributed by atoms with Gasteiger partial charge in [0.05, 0.1) is 0 Å². The summed E-state index contributed by atoms with van der Waals surface area (Å²) in [6.07, 6.45) is 0. The number of aryl methyl sites for hydroxylation is 2. The van der Waals surface area contributed by atoms with Gasteiger partial charge in [-0.25, -0.2) is 8.42 Å². The van der Waals surface area contributed by atoms with E-state index >= 15 is 0 Å². The van der Waals surface area contributed by atoms with Gasteiger partial charge in [0.15, 0.2) is 0 Å². The largest absolute Gasteiger partial charge is 0.506 e. The van der Waals surface area contributed by atoms with Gasteiger partial charge in [-0.3, -0.25) is 0 Å². The van der Waals surface area contributed by atoms with Gasteiger partial charge in [-0.15, -0.1) is 0 Å². The van der Waals surface area contributed by atoms with E-state index in [2.05, 4.69) is 0 Å². The van der Waals surface area contributed by atoms with E-state index < -0.39 is 9.84 Å². The van der Waals surface area contributed by atoms with Gasteiger partial charge >= 0.3 is 0 Å². The molecule has 22 heavy (non-hydrogen) atoms. The molecule has 5 heteroatoms. The number of rotatable bonds is 2. The van der Waals surface area contributed by atoms with E-state index in [4.69, 9.17) is 0 Å². The van der Waals surface area contributed by atoms with Crippen molar-refractivity contribution in [1.82, 2.24) is 0 Å². The topological polar surface area (TPSA) is 74.6 Å². The zero-order valence-corrected chi connectivity index (χ0v) is 14.2. The third kappa shape index (κ3) is 2.35. The predicted molar refractivity (Wildman–Crippen MR) is 85.4 cm³/mol. The number of benzene rings is 2. The van der Waals surface area contributed by atoms with Crippen LogP contribution in [0.2, 0.25) is 0 Å². The Morgan fingerprint density at radius 2 is 1.27 bits per heavy atom. The Balaban J connectivity index is 2.80. The molecule has 0 atom stereocenters. The van der Waals surface area contributed by atoms with Crippen molar-refractivity contribution in [1.29, 1.82) is 0 Å². The summed E-state index contributed by atoms with van der Waals surface area (Å²) in [4.78, 5) is -0.361. The highest BCUT2D eigenvalue weighted by molar-refractivity contribution is 7.91. The maximum atomic E-state index is 12.8. The molecule has 2 N–H and O–H groups in total. The molecule has 0 saturated heterocycles. The number of hydrogen-bond donors (Lipinski definition) is 2. The van der Waals surface area contributed by atoms with Crippen LogP contribution in [0.3, 0.4) is 0 Å². The van der Waals surface area contributed by atoms with Crippen LogP contribution >= 0.6 is 0 Å². The summed E-state index contributed by atoms with van der Waals surface area (Å²) < 4.78 is 25.7. The maximum Gasteiger partial charge on any atom is 0.213 e. The molecule has 0 aromatic heterocycles. The summed E-state index contributed by atoms with van der Waals surface area (Å²) >= 11 is 0. The molecular formula is C17H20O4S. The quantitative estimate of drug-likeness (QED) is 0.888. The summed E-state index contributed by atoms with van der Waals surface area (Å²) in [5, 5.41) is 20.5. The molecular weight excluding hydrogens is 300 g/mol. The van der Waals surface area contributed by atoms with Crippen molar-refractivity contribution in [3.05, 3.63) is 46.0 Å². The molecule has 4 nitrogen and oxygen atoms in total. The Morgan fingerprint density at radius 3 is 1.86 bits per heavy atom. The Labute approximate surface area is 131 Å². The number of sulfone groups is 1. The number of hydrogen-bond acceptors (Lipinski definition) is 4. The van der Waals surface area contributed by atoms with Crippen LogP contribution in [0.15, 0.2) is 28.0 Å². The normalized spacial score (nSPS) is 11.7.